The van der Waals surface area contributed by atoms with Crippen molar-refractivity contribution >= 4 is 11.7 Å². The van der Waals surface area contributed by atoms with E-state index < -0.39 is 5.82 Å². The number of anilines is 1. The van der Waals surface area contributed by atoms with Gasteiger partial charge in [0.2, 0.25) is 5.91 Å². The van der Waals surface area contributed by atoms with Crippen LogP contribution in [0.5, 0.6) is 0 Å². The lowest BCUT2D eigenvalue weighted by molar-refractivity contribution is -0.125. The van der Waals surface area contributed by atoms with Gasteiger partial charge in [-0.15, -0.1) is 5.10 Å². The van der Waals surface area contributed by atoms with Crippen molar-refractivity contribution in [1.82, 2.24) is 15.1 Å². The van der Waals surface area contributed by atoms with Gasteiger partial charge in [0.05, 0.1) is 11.8 Å². The van der Waals surface area contributed by atoms with Crippen LogP contribution in [0, 0.1) is 11.7 Å². The Kier molecular flexibility index (Phi) is 7.57. The first-order chi connectivity index (χ1) is 14.4. The number of nitrogens with one attached hydrogen (secondary N) is 1. The van der Waals surface area contributed by atoms with Crippen LogP contribution in [0.3, 0.4) is 0 Å². The Morgan fingerprint density at radius 1 is 1.27 bits per heavy atom. The molecule has 0 atom stereocenters. The van der Waals surface area contributed by atoms with Crippen LogP contribution in [0.25, 0.3) is 5.69 Å². The molecule has 2 heterocycles. The van der Waals surface area contributed by atoms with Gasteiger partial charge in [-0.2, -0.15) is 4.68 Å². The Bertz CT molecular complexity index is 907. The van der Waals surface area contributed by atoms with Crippen molar-refractivity contribution in [2.45, 2.75) is 39.2 Å². The van der Waals surface area contributed by atoms with Gasteiger partial charge in [0.1, 0.15) is 11.6 Å². The summed E-state index contributed by atoms with van der Waals surface area (Å²) in [6.45, 7) is 6.58. The molecule has 0 spiro atoms. The molecular weight excluding hydrogens is 387 g/mol. The van der Waals surface area contributed by atoms with E-state index >= 15 is 0 Å². The molecule has 1 aromatic carbocycles. The Balaban J connectivity index is 1.54. The first kappa shape index (κ1) is 22.0. The van der Waals surface area contributed by atoms with Crippen LogP contribution in [0.2, 0.25) is 0 Å². The van der Waals surface area contributed by atoms with Crippen molar-refractivity contribution in [2.75, 3.05) is 31.1 Å². The minimum Gasteiger partial charge on any atom is -0.379 e. The Morgan fingerprint density at radius 3 is 2.73 bits per heavy atom. The van der Waals surface area contributed by atoms with Gasteiger partial charge in [-0.3, -0.25) is 9.59 Å². The Hall–Kier alpha value is -2.74. The maximum Gasteiger partial charge on any atom is 0.271 e. The first-order valence-electron chi connectivity index (χ1n) is 10.4. The zero-order valence-corrected chi connectivity index (χ0v) is 17.5. The third-order valence-electron chi connectivity index (χ3n) is 5.10. The van der Waals surface area contributed by atoms with Gasteiger partial charge in [-0.05, 0) is 57.4 Å². The van der Waals surface area contributed by atoms with Gasteiger partial charge in [-0.1, -0.05) is 6.07 Å². The van der Waals surface area contributed by atoms with Crippen LogP contribution in [0.15, 0.2) is 41.2 Å². The van der Waals surface area contributed by atoms with E-state index in [4.69, 9.17) is 4.74 Å². The quantitative estimate of drug-likeness (QED) is 0.670. The summed E-state index contributed by atoms with van der Waals surface area (Å²) >= 11 is 0. The third-order valence-corrected chi connectivity index (χ3v) is 5.10. The van der Waals surface area contributed by atoms with E-state index in [-0.39, 0.29) is 23.5 Å². The molecule has 1 amide bonds. The fourth-order valence-corrected chi connectivity index (χ4v) is 3.48. The molecule has 162 valence electrons. The van der Waals surface area contributed by atoms with E-state index in [0.717, 1.165) is 19.3 Å². The molecule has 1 aliphatic heterocycles. The summed E-state index contributed by atoms with van der Waals surface area (Å²) in [4.78, 5) is 26.6. The van der Waals surface area contributed by atoms with Gasteiger partial charge in [0, 0.05) is 38.2 Å². The van der Waals surface area contributed by atoms with E-state index in [2.05, 4.69) is 15.3 Å². The summed E-state index contributed by atoms with van der Waals surface area (Å²) in [7, 11) is 0. The first-order valence-corrected chi connectivity index (χ1v) is 10.4. The number of hydrogen-bond donors (Lipinski definition) is 1. The lowest BCUT2D eigenvalue weighted by Crippen LogP contribution is -2.41. The van der Waals surface area contributed by atoms with Crippen LogP contribution in [0.1, 0.15) is 33.1 Å². The molecule has 0 unspecified atom stereocenters. The summed E-state index contributed by atoms with van der Waals surface area (Å²) in [6, 6.07) is 8.90. The molecule has 7 nitrogen and oxygen atoms in total. The second-order valence-electron chi connectivity index (χ2n) is 7.75. The number of carbonyl (C=O) groups is 1. The number of nitrogens with zero attached hydrogens (tertiary/aromatic N) is 3. The molecule has 1 aromatic heterocycles. The van der Waals surface area contributed by atoms with Crippen molar-refractivity contribution in [2.24, 2.45) is 5.92 Å². The normalized spacial score (nSPS) is 14.9. The van der Waals surface area contributed by atoms with E-state index in [1.54, 1.807) is 18.2 Å². The fourth-order valence-electron chi connectivity index (χ4n) is 3.48. The standard InChI is InChI=1S/C22H29FN4O3/c1-16(2)30-14-4-11-24-22(29)17-9-12-26(13-10-17)20-7-8-21(28)27(25-20)19-6-3-5-18(23)15-19/h3,5-8,15-17H,4,9-14H2,1-2H3,(H,24,29). The second-order valence-corrected chi connectivity index (χ2v) is 7.75. The van der Waals surface area contributed by atoms with Crippen molar-refractivity contribution < 1.29 is 13.9 Å². The molecule has 1 N–H and O–H groups in total. The number of amides is 1. The van der Waals surface area contributed by atoms with E-state index in [0.29, 0.717) is 37.7 Å². The number of ether oxygens (including phenoxy) is 1. The number of rotatable bonds is 8. The van der Waals surface area contributed by atoms with Gasteiger partial charge < -0.3 is 15.0 Å². The highest BCUT2D eigenvalue weighted by molar-refractivity contribution is 5.78. The maximum absolute atomic E-state index is 13.5. The number of piperidine rings is 1. The highest BCUT2D eigenvalue weighted by Gasteiger charge is 2.25. The van der Waals surface area contributed by atoms with Crippen LogP contribution in [0.4, 0.5) is 10.2 Å². The lowest BCUT2D eigenvalue weighted by atomic mass is 9.96. The minimum atomic E-state index is -0.422. The largest absolute Gasteiger partial charge is 0.379 e. The van der Waals surface area contributed by atoms with Crippen molar-refractivity contribution in [3.8, 4) is 5.69 Å². The number of hydrogen-bond acceptors (Lipinski definition) is 5. The maximum atomic E-state index is 13.5. The van der Waals surface area contributed by atoms with Crippen LogP contribution in [-0.4, -0.2) is 48.0 Å². The highest BCUT2D eigenvalue weighted by Crippen LogP contribution is 2.21. The monoisotopic (exact) mass is 416 g/mol. The zero-order chi connectivity index (χ0) is 21.5. The number of carbonyl (C=O) groups excluding carboxylic acids is 1. The predicted octanol–water partition coefficient (Wildman–Crippen LogP) is 2.52. The van der Waals surface area contributed by atoms with Crippen molar-refractivity contribution in [3.05, 3.63) is 52.6 Å². The SMILES string of the molecule is CC(C)OCCCNC(=O)C1CCN(c2ccc(=O)n(-c3cccc(F)c3)n2)CC1. The summed E-state index contributed by atoms with van der Waals surface area (Å²) in [5, 5.41) is 7.40. The molecule has 0 bridgehead atoms. The molecule has 2 aromatic rings. The fraction of sp³-hybridized carbons (Fsp3) is 0.500. The molecular formula is C22H29FN4O3. The van der Waals surface area contributed by atoms with E-state index in [1.165, 1.54) is 22.9 Å². The Morgan fingerprint density at radius 2 is 2.03 bits per heavy atom. The minimum absolute atomic E-state index is 0.0265. The summed E-state index contributed by atoms with van der Waals surface area (Å²) in [6.07, 6.45) is 2.44. The molecule has 3 rings (SSSR count). The van der Waals surface area contributed by atoms with Gasteiger partial charge in [0.25, 0.3) is 5.56 Å². The molecule has 0 radical (unpaired) electrons. The van der Waals surface area contributed by atoms with Crippen LogP contribution in [-0.2, 0) is 9.53 Å². The summed E-state index contributed by atoms with van der Waals surface area (Å²) in [5.41, 5.74) is 0.0672. The molecule has 0 aliphatic carbocycles. The van der Waals surface area contributed by atoms with Crippen LogP contribution >= 0.6 is 0 Å². The molecule has 0 saturated carbocycles. The average Bonchev–Trinajstić information content (AvgIpc) is 2.73. The van der Waals surface area contributed by atoms with Gasteiger partial charge in [0.15, 0.2) is 0 Å². The molecule has 1 aliphatic rings. The van der Waals surface area contributed by atoms with Gasteiger partial charge >= 0.3 is 0 Å². The molecule has 1 fully saturated rings. The van der Waals surface area contributed by atoms with Crippen molar-refractivity contribution in [3.63, 3.8) is 0 Å². The number of aromatic nitrogens is 2. The van der Waals surface area contributed by atoms with Gasteiger partial charge in [-0.25, -0.2) is 4.39 Å². The molecule has 1 saturated heterocycles. The molecule has 8 heteroatoms. The summed E-state index contributed by atoms with van der Waals surface area (Å²) in [5.74, 6) is 0.274. The zero-order valence-electron chi connectivity index (χ0n) is 17.5. The van der Waals surface area contributed by atoms with E-state index in [1.807, 2.05) is 13.8 Å². The average molecular weight is 416 g/mol. The number of halogens is 1. The van der Waals surface area contributed by atoms with Crippen molar-refractivity contribution in [1.29, 1.82) is 0 Å². The number of benzene rings is 1. The highest BCUT2D eigenvalue weighted by atomic mass is 19.1. The van der Waals surface area contributed by atoms with E-state index in [9.17, 15) is 14.0 Å². The van der Waals surface area contributed by atoms with Crippen LogP contribution < -0.4 is 15.8 Å². The Labute approximate surface area is 175 Å². The predicted molar refractivity (Wildman–Crippen MR) is 113 cm³/mol. The topological polar surface area (TPSA) is 76.5 Å². The summed E-state index contributed by atoms with van der Waals surface area (Å²) < 4.78 is 20.2. The second kappa shape index (κ2) is 10.3. The molecule has 30 heavy (non-hydrogen) atoms. The lowest BCUT2D eigenvalue weighted by Gasteiger charge is -2.32. The smallest absolute Gasteiger partial charge is 0.271 e. The third kappa shape index (κ3) is 5.89.